The van der Waals surface area contributed by atoms with Crippen molar-refractivity contribution in [1.82, 2.24) is 14.9 Å². The molecule has 5 rings (SSSR count). The number of anilines is 1. The van der Waals surface area contributed by atoms with Crippen molar-refractivity contribution >= 4 is 23.3 Å². The fraction of sp³-hybridized carbons (Fsp3) is 0.533. The fourth-order valence-electron chi connectivity index (χ4n) is 5.85. The molecule has 8 heteroatoms. The maximum absolute atomic E-state index is 13.0. The predicted molar refractivity (Wildman–Crippen MR) is 148 cm³/mol. The lowest BCUT2D eigenvalue weighted by Gasteiger charge is -2.31. The van der Waals surface area contributed by atoms with Gasteiger partial charge in [0, 0.05) is 37.9 Å². The second kappa shape index (κ2) is 12.0. The number of rotatable bonds is 8. The molecule has 2 atom stereocenters. The summed E-state index contributed by atoms with van der Waals surface area (Å²) in [6, 6.07) is 7.90. The fourth-order valence-corrected chi connectivity index (χ4v) is 5.85. The average Bonchev–Trinajstić information content (AvgIpc) is 3.47. The van der Waals surface area contributed by atoms with Crippen LogP contribution in [-0.4, -0.2) is 59.0 Å². The molecule has 0 bridgehead atoms. The lowest BCUT2D eigenvalue weighted by molar-refractivity contribution is -0.140. The topological polar surface area (TPSA) is 102 Å². The monoisotopic (exact) mass is 517 g/mol. The van der Waals surface area contributed by atoms with Gasteiger partial charge in [-0.3, -0.25) is 9.59 Å². The molecule has 1 aromatic heterocycles. The van der Waals surface area contributed by atoms with Gasteiger partial charge in [-0.05, 0) is 86.1 Å². The van der Waals surface area contributed by atoms with Gasteiger partial charge < -0.3 is 20.3 Å². The number of nitrogens with two attached hydrogens (primary N) is 1. The number of piperidine rings is 1. The molecule has 0 saturated carbocycles. The Kier molecular flexibility index (Phi) is 8.25. The summed E-state index contributed by atoms with van der Waals surface area (Å²) in [5.41, 5.74) is 9.13. The van der Waals surface area contributed by atoms with Gasteiger partial charge in [-0.1, -0.05) is 25.1 Å². The number of carbonyl (C=O) groups excluding carboxylic acids is 2. The third-order valence-corrected chi connectivity index (χ3v) is 8.33. The first-order chi connectivity index (χ1) is 18.5. The smallest absolute Gasteiger partial charge is 0.240 e. The maximum Gasteiger partial charge on any atom is 0.240 e. The molecule has 1 aliphatic carbocycles. The van der Waals surface area contributed by atoms with Crippen LogP contribution >= 0.6 is 0 Å². The van der Waals surface area contributed by atoms with Gasteiger partial charge >= 0.3 is 0 Å². The van der Waals surface area contributed by atoms with Crippen molar-refractivity contribution in [3.8, 4) is 5.75 Å². The molecule has 2 amide bonds. The van der Waals surface area contributed by atoms with E-state index in [9.17, 15) is 9.59 Å². The largest absolute Gasteiger partial charge is 0.493 e. The van der Waals surface area contributed by atoms with Crippen LogP contribution in [0.1, 0.15) is 63.0 Å². The van der Waals surface area contributed by atoms with Gasteiger partial charge in [-0.15, -0.1) is 0 Å². The van der Waals surface area contributed by atoms with E-state index in [1.807, 2.05) is 24.5 Å². The summed E-state index contributed by atoms with van der Waals surface area (Å²) >= 11 is 0. The van der Waals surface area contributed by atoms with Crippen molar-refractivity contribution in [3.05, 3.63) is 53.9 Å². The number of ether oxygens (including phenoxy) is 1. The predicted octanol–water partition coefficient (Wildman–Crippen LogP) is 3.99. The lowest BCUT2D eigenvalue weighted by Crippen LogP contribution is -2.46. The van der Waals surface area contributed by atoms with E-state index in [1.165, 1.54) is 16.7 Å². The quantitative estimate of drug-likeness (QED) is 0.568. The minimum Gasteiger partial charge on any atom is -0.493 e. The Balaban J connectivity index is 1.07. The van der Waals surface area contributed by atoms with Gasteiger partial charge in [0.1, 0.15) is 11.8 Å². The summed E-state index contributed by atoms with van der Waals surface area (Å²) in [5.74, 6) is 1.89. The van der Waals surface area contributed by atoms with Crippen LogP contribution < -0.4 is 15.4 Å². The molecule has 0 spiro atoms. The first-order valence-corrected chi connectivity index (χ1v) is 14.1. The maximum atomic E-state index is 13.0. The van der Waals surface area contributed by atoms with E-state index in [1.54, 1.807) is 4.90 Å². The van der Waals surface area contributed by atoms with E-state index in [2.05, 4.69) is 40.0 Å². The van der Waals surface area contributed by atoms with Crippen molar-refractivity contribution in [2.24, 2.45) is 17.6 Å². The molecule has 2 saturated heterocycles. The molecule has 2 aliphatic heterocycles. The van der Waals surface area contributed by atoms with Crippen LogP contribution in [0.15, 0.2) is 42.7 Å². The van der Waals surface area contributed by atoms with Gasteiger partial charge in [-0.25, -0.2) is 9.97 Å². The Bertz CT molecular complexity index is 1140. The average molecular weight is 518 g/mol. The number of benzene rings is 1. The van der Waals surface area contributed by atoms with Crippen LogP contribution in [0.25, 0.3) is 5.57 Å². The first kappa shape index (κ1) is 26.2. The van der Waals surface area contributed by atoms with Gasteiger partial charge in [0.05, 0.1) is 6.61 Å². The molecule has 2 fully saturated rings. The van der Waals surface area contributed by atoms with Crippen molar-refractivity contribution in [2.75, 3.05) is 31.1 Å². The van der Waals surface area contributed by atoms with Crippen molar-refractivity contribution < 1.29 is 14.3 Å². The minimum absolute atomic E-state index is 0.0602. The Morgan fingerprint density at radius 1 is 1.03 bits per heavy atom. The second-order valence-electron chi connectivity index (χ2n) is 10.8. The summed E-state index contributed by atoms with van der Waals surface area (Å²) in [6.45, 7) is 5.39. The van der Waals surface area contributed by atoms with Gasteiger partial charge in [-0.2, -0.15) is 0 Å². The summed E-state index contributed by atoms with van der Waals surface area (Å²) in [6.07, 6.45) is 13.0. The van der Waals surface area contributed by atoms with E-state index in [-0.39, 0.29) is 17.7 Å². The normalized spacial score (nSPS) is 22.3. The van der Waals surface area contributed by atoms with E-state index in [0.29, 0.717) is 25.3 Å². The first-order valence-electron chi connectivity index (χ1n) is 14.1. The Morgan fingerprint density at radius 3 is 2.39 bits per heavy atom. The summed E-state index contributed by atoms with van der Waals surface area (Å²) in [5, 5.41) is 0. The third kappa shape index (κ3) is 6.00. The highest BCUT2D eigenvalue weighted by Crippen LogP contribution is 2.33. The Morgan fingerprint density at radius 2 is 1.76 bits per heavy atom. The summed E-state index contributed by atoms with van der Waals surface area (Å²) in [4.78, 5) is 37.7. The molecule has 3 aliphatic rings. The van der Waals surface area contributed by atoms with Crippen LogP contribution in [0.3, 0.4) is 0 Å². The zero-order valence-electron chi connectivity index (χ0n) is 22.3. The molecule has 3 heterocycles. The molecule has 1 aromatic carbocycles. The highest BCUT2D eigenvalue weighted by molar-refractivity contribution is 5.88. The number of primary amides is 1. The number of amides is 2. The number of nitrogens with zero attached hydrogens (tertiary/aromatic N) is 4. The Labute approximate surface area is 225 Å². The van der Waals surface area contributed by atoms with Crippen LogP contribution in [0.4, 0.5) is 5.95 Å². The molecule has 2 aromatic rings. The molecule has 202 valence electrons. The third-order valence-electron chi connectivity index (χ3n) is 8.33. The number of carbonyl (C=O) groups is 2. The van der Waals surface area contributed by atoms with Gasteiger partial charge in [0.2, 0.25) is 17.8 Å². The number of aryl methyl sites for hydroxylation is 1. The van der Waals surface area contributed by atoms with E-state index in [4.69, 9.17) is 10.5 Å². The molecule has 2 unspecified atom stereocenters. The molecular weight excluding hydrogens is 478 g/mol. The van der Waals surface area contributed by atoms with Crippen molar-refractivity contribution in [2.45, 2.75) is 64.3 Å². The SMILES string of the molecule is CCc1cnc(N2CCC(COc3ccc(C4=CCC(C(=O)N5CCCC5C(N)=O)CC4)cc3)CC2)nc1. The molecule has 8 nitrogen and oxygen atoms in total. The highest BCUT2D eigenvalue weighted by atomic mass is 16.5. The highest BCUT2D eigenvalue weighted by Gasteiger charge is 2.36. The van der Waals surface area contributed by atoms with Crippen LogP contribution in [0.5, 0.6) is 5.75 Å². The number of hydrogen-bond donors (Lipinski definition) is 1. The van der Waals surface area contributed by atoms with Crippen molar-refractivity contribution in [1.29, 1.82) is 0 Å². The second-order valence-corrected chi connectivity index (χ2v) is 10.8. The lowest BCUT2D eigenvalue weighted by atomic mass is 9.85. The summed E-state index contributed by atoms with van der Waals surface area (Å²) < 4.78 is 6.14. The van der Waals surface area contributed by atoms with Crippen LogP contribution in [-0.2, 0) is 16.0 Å². The van der Waals surface area contributed by atoms with Crippen molar-refractivity contribution in [3.63, 3.8) is 0 Å². The number of aromatic nitrogens is 2. The van der Waals surface area contributed by atoms with E-state index >= 15 is 0 Å². The van der Waals surface area contributed by atoms with Gasteiger partial charge in [0.15, 0.2) is 0 Å². The number of hydrogen-bond acceptors (Lipinski definition) is 6. The molecule has 38 heavy (non-hydrogen) atoms. The minimum atomic E-state index is -0.431. The standard InChI is InChI=1S/C30H39N5O3/c1-2-21-18-32-30(33-19-21)34-16-13-22(14-17-34)20-38-26-11-9-24(10-12-26)23-5-7-25(8-6-23)29(37)35-15-3-4-27(35)28(31)36/h5,9-12,18-19,22,25,27H,2-4,6-8,13-17,20H2,1H3,(H2,31,36). The number of likely N-dealkylation sites (tertiary alicyclic amines) is 1. The van der Waals surface area contributed by atoms with E-state index in [0.717, 1.165) is 69.9 Å². The Hall–Kier alpha value is -3.42. The zero-order valence-corrected chi connectivity index (χ0v) is 22.3. The van der Waals surface area contributed by atoms with Crippen LogP contribution in [0, 0.1) is 11.8 Å². The van der Waals surface area contributed by atoms with Crippen LogP contribution in [0.2, 0.25) is 0 Å². The zero-order chi connectivity index (χ0) is 26.5. The number of allylic oxidation sites excluding steroid dienone is 2. The summed E-state index contributed by atoms with van der Waals surface area (Å²) in [7, 11) is 0. The molecule has 0 radical (unpaired) electrons. The van der Waals surface area contributed by atoms with E-state index < -0.39 is 6.04 Å². The van der Waals surface area contributed by atoms with Gasteiger partial charge in [0.25, 0.3) is 0 Å². The molecular formula is C30H39N5O3. The molecule has 2 N–H and O–H groups in total.